The first kappa shape index (κ1) is 77.1. The van der Waals surface area contributed by atoms with Gasteiger partial charge in [0.1, 0.15) is 13.2 Å². The van der Waals surface area contributed by atoms with Crippen LogP contribution in [-0.2, 0) is 28.6 Å². The molecule has 0 saturated carbocycles. The molecule has 6 nitrogen and oxygen atoms in total. The van der Waals surface area contributed by atoms with Gasteiger partial charge >= 0.3 is 17.9 Å². The van der Waals surface area contributed by atoms with E-state index in [1.807, 2.05) is 0 Å². The monoisotopic (exact) mass is 1120 g/mol. The van der Waals surface area contributed by atoms with Crippen LogP contribution < -0.4 is 0 Å². The minimum absolute atomic E-state index is 0.0809. The fourth-order valence-electron chi connectivity index (χ4n) is 10.4. The highest BCUT2D eigenvalue weighted by molar-refractivity contribution is 5.71. The van der Waals surface area contributed by atoms with Crippen LogP contribution in [0.3, 0.4) is 0 Å². The minimum Gasteiger partial charge on any atom is -0.462 e. The van der Waals surface area contributed by atoms with Gasteiger partial charge in [-0.15, -0.1) is 0 Å². The SMILES string of the molecule is CCCCC/C=C\C/C=C\C/C=C\CCCCCCCCC(=O)OC(COC(=O)CCCCCCC/C=C\C/C=C\CCCCCC)COC(=O)CCCCCCCCCCCCCCCCCCCCCCCCCCCCC. The van der Waals surface area contributed by atoms with Gasteiger partial charge in [0.25, 0.3) is 0 Å². The molecule has 0 amide bonds. The van der Waals surface area contributed by atoms with Gasteiger partial charge < -0.3 is 14.2 Å². The van der Waals surface area contributed by atoms with Crippen LogP contribution in [0.1, 0.15) is 374 Å². The van der Waals surface area contributed by atoms with Gasteiger partial charge in [-0.3, -0.25) is 14.4 Å². The molecule has 0 spiro atoms. The lowest BCUT2D eigenvalue weighted by Crippen LogP contribution is -2.30. The maximum absolute atomic E-state index is 12.9. The Labute approximate surface area is 498 Å². The predicted molar refractivity (Wildman–Crippen MR) is 348 cm³/mol. The smallest absolute Gasteiger partial charge is 0.306 e. The van der Waals surface area contributed by atoms with Gasteiger partial charge in [0, 0.05) is 19.3 Å². The van der Waals surface area contributed by atoms with Gasteiger partial charge in [0.05, 0.1) is 0 Å². The Balaban J connectivity index is 4.29. The highest BCUT2D eigenvalue weighted by Gasteiger charge is 2.19. The van der Waals surface area contributed by atoms with Crippen LogP contribution in [0, 0.1) is 0 Å². The van der Waals surface area contributed by atoms with Crippen molar-refractivity contribution in [1.82, 2.24) is 0 Å². The first-order valence-electron chi connectivity index (χ1n) is 35.3. The highest BCUT2D eigenvalue weighted by atomic mass is 16.6. The second-order valence-corrected chi connectivity index (χ2v) is 23.8. The van der Waals surface area contributed by atoms with Gasteiger partial charge in [0.2, 0.25) is 0 Å². The molecule has 0 saturated heterocycles. The van der Waals surface area contributed by atoms with Crippen LogP contribution in [0.15, 0.2) is 60.8 Å². The topological polar surface area (TPSA) is 78.9 Å². The second kappa shape index (κ2) is 68.6. The molecule has 466 valence electrons. The Morgan fingerprint density at radius 1 is 0.250 bits per heavy atom. The Kier molecular flexibility index (Phi) is 66.1. The standard InChI is InChI=1S/C74H134O6/c1-4-7-10-13-16-19-22-25-28-31-33-34-35-36-37-38-39-40-42-43-46-49-52-55-58-61-64-67-73(76)79-70-71(69-78-72(75)66-63-60-57-54-51-48-45-30-27-24-21-18-15-12-9-6-3)80-74(77)68-65-62-59-56-53-50-47-44-41-32-29-26-23-20-17-14-11-8-5-2/h17,20-21,24,26,29-30,41,44-45,71H,4-16,18-19,22-23,25,27-28,31-40,42-43,46-70H2,1-3H3/b20-17-,24-21-,29-26-,44-41-,45-30-. The number of esters is 3. The van der Waals surface area contributed by atoms with Crippen LogP contribution in [0.25, 0.3) is 0 Å². The third-order valence-corrected chi connectivity index (χ3v) is 15.7. The van der Waals surface area contributed by atoms with E-state index in [1.54, 1.807) is 0 Å². The summed E-state index contributed by atoms with van der Waals surface area (Å²) in [4.78, 5) is 38.4. The van der Waals surface area contributed by atoms with Crippen molar-refractivity contribution in [3.63, 3.8) is 0 Å². The zero-order chi connectivity index (χ0) is 57.8. The lowest BCUT2D eigenvalue weighted by molar-refractivity contribution is -0.167. The molecule has 0 fully saturated rings. The molecule has 0 aliphatic carbocycles. The molecule has 0 aromatic carbocycles. The normalized spacial score (nSPS) is 12.4. The van der Waals surface area contributed by atoms with Crippen LogP contribution in [-0.4, -0.2) is 37.2 Å². The third kappa shape index (κ3) is 65.9. The average molecular weight is 1120 g/mol. The molecule has 0 radical (unpaired) electrons. The summed E-state index contributed by atoms with van der Waals surface area (Å²) >= 11 is 0. The number of unbranched alkanes of at least 4 members (excludes halogenated alkanes) is 44. The fraction of sp³-hybridized carbons (Fsp3) is 0.824. The Hall–Kier alpha value is -2.89. The molecule has 0 aromatic rings. The Morgan fingerprint density at radius 3 is 0.738 bits per heavy atom. The summed E-state index contributed by atoms with van der Waals surface area (Å²) in [5.41, 5.74) is 0. The zero-order valence-corrected chi connectivity index (χ0v) is 53.6. The van der Waals surface area contributed by atoms with Crippen LogP contribution in [0.4, 0.5) is 0 Å². The maximum Gasteiger partial charge on any atom is 0.306 e. The highest BCUT2D eigenvalue weighted by Crippen LogP contribution is 2.18. The van der Waals surface area contributed by atoms with E-state index in [1.165, 1.54) is 231 Å². The number of hydrogen-bond acceptors (Lipinski definition) is 6. The van der Waals surface area contributed by atoms with Gasteiger partial charge in [-0.2, -0.15) is 0 Å². The largest absolute Gasteiger partial charge is 0.462 e. The molecule has 0 aliphatic rings. The summed E-state index contributed by atoms with van der Waals surface area (Å²) in [7, 11) is 0. The molecule has 1 unspecified atom stereocenters. The van der Waals surface area contributed by atoms with Gasteiger partial charge in [-0.25, -0.2) is 0 Å². The number of carbonyl (C=O) groups excluding carboxylic acids is 3. The van der Waals surface area contributed by atoms with E-state index in [0.717, 1.165) is 103 Å². The summed E-state index contributed by atoms with van der Waals surface area (Å²) in [5, 5.41) is 0. The summed E-state index contributed by atoms with van der Waals surface area (Å²) in [6.45, 7) is 6.63. The number of carbonyl (C=O) groups is 3. The predicted octanol–water partition coefficient (Wildman–Crippen LogP) is 24.3. The van der Waals surface area contributed by atoms with Gasteiger partial charge in [0.15, 0.2) is 6.10 Å². The average Bonchev–Trinajstić information content (AvgIpc) is 3.46. The van der Waals surface area contributed by atoms with Crippen molar-refractivity contribution in [2.24, 2.45) is 0 Å². The molecule has 0 bridgehead atoms. The maximum atomic E-state index is 12.9. The molecule has 0 N–H and O–H groups in total. The summed E-state index contributed by atoms with van der Waals surface area (Å²) in [6.07, 6.45) is 88.2. The van der Waals surface area contributed by atoms with Crippen LogP contribution in [0.5, 0.6) is 0 Å². The first-order valence-corrected chi connectivity index (χ1v) is 35.3. The van der Waals surface area contributed by atoms with Crippen LogP contribution >= 0.6 is 0 Å². The third-order valence-electron chi connectivity index (χ3n) is 15.7. The van der Waals surface area contributed by atoms with Gasteiger partial charge in [-0.1, -0.05) is 326 Å². The molecule has 80 heavy (non-hydrogen) atoms. The minimum atomic E-state index is -0.788. The van der Waals surface area contributed by atoms with Crippen LogP contribution in [0.2, 0.25) is 0 Å². The van der Waals surface area contributed by atoms with Gasteiger partial charge in [-0.05, 0) is 89.9 Å². The fourth-order valence-corrected chi connectivity index (χ4v) is 10.4. The molecule has 0 rings (SSSR count). The number of rotatable bonds is 65. The summed E-state index contributed by atoms with van der Waals surface area (Å²) in [5.74, 6) is -0.886. The summed E-state index contributed by atoms with van der Waals surface area (Å²) < 4.78 is 17.0. The van der Waals surface area contributed by atoms with E-state index in [0.29, 0.717) is 19.3 Å². The van der Waals surface area contributed by atoms with Crippen molar-refractivity contribution in [3.05, 3.63) is 60.8 Å². The lowest BCUT2D eigenvalue weighted by Gasteiger charge is -2.18. The lowest BCUT2D eigenvalue weighted by atomic mass is 10.0. The number of allylic oxidation sites excluding steroid dienone is 10. The number of ether oxygens (including phenoxy) is 3. The molecule has 1 atom stereocenters. The Morgan fingerprint density at radius 2 is 0.450 bits per heavy atom. The first-order chi connectivity index (χ1) is 39.5. The van der Waals surface area contributed by atoms with Crippen molar-refractivity contribution in [1.29, 1.82) is 0 Å². The van der Waals surface area contributed by atoms with Crippen molar-refractivity contribution in [2.75, 3.05) is 13.2 Å². The second-order valence-electron chi connectivity index (χ2n) is 23.8. The van der Waals surface area contributed by atoms with Crippen molar-refractivity contribution < 1.29 is 28.6 Å². The molecular weight excluding hydrogens is 985 g/mol. The van der Waals surface area contributed by atoms with E-state index >= 15 is 0 Å². The number of hydrogen-bond donors (Lipinski definition) is 0. The van der Waals surface area contributed by atoms with E-state index in [-0.39, 0.29) is 31.1 Å². The van der Waals surface area contributed by atoms with E-state index in [4.69, 9.17) is 14.2 Å². The van der Waals surface area contributed by atoms with E-state index < -0.39 is 6.10 Å². The van der Waals surface area contributed by atoms with E-state index in [2.05, 4.69) is 81.5 Å². The molecule has 6 heteroatoms. The molecule has 0 heterocycles. The quantitative estimate of drug-likeness (QED) is 0.0261. The molecular formula is C74H134O6. The van der Waals surface area contributed by atoms with Crippen molar-refractivity contribution in [3.8, 4) is 0 Å². The summed E-state index contributed by atoms with van der Waals surface area (Å²) in [6, 6.07) is 0. The van der Waals surface area contributed by atoms with E-state index in [9.17, 15) is 14.4 Å². The molecule has 0 aromatic heterocycles. The van der Waals surface area contributed by atoms with Crippen molar-refractivity contribution >= 4 is 17.9 Å². The zero-order valence-electron chi connectivity index (χ0n) is 53.6. The Bertz CT molecular complexity index is 1430. The van der Waals surface area contributed by atoms with Crippen molar-refractivity contribution in [2.45, 2.75) is 380 Å². The molecule has 0 aliphatic heterocycles.